The fourth-order valence-electron chi connectivity index (χ4n) is 4.41. The Labute approximate surface area is 213 Å². The minimum absolute atomic E-state index is 0.130. The smallest absolute Gasteiger partial charge is 0.143 e. The lowest BCUT2D eigenvalue weighted by Crippen LogP contribution is -2.25. The molecular weight excluding hydrogens is 480 g/mol. The van der Waals surface area contributed by atoms with Crippen molar-refractivity contribution >= 4 is 44.2 Å². The second kappa shape index (κ2) is 8.99. The maximum absolute atomic E-state index is 10.4. The molecule has 180 valence electrons. The van der Waals surface area contributed by atoms with E-state index in [-0.39, 0.29) is 6.61 Å². The summed E-state index contributed by atoms with van der Waals surface area (Å²) in [6, 6.07) is 13.8. The predicted octanol–water partition coefficient (Wildman–Crippen LogP) is 6.72. The van der Waals surface area contributed by atoms with E-state index < -0.39 is 11.7 Å². The summed E-state index contributed by atoms with van der Waals surface area (Å²) in [6.45, 7) is 7.90. The molecule has 3 heterocycles. The van der Waals surface area contributed by atoms with Crippen molar-refractivity contribution in [1.82, 2.24) is 19.7 Å². The van der Waals surface area contributed by atoms with Gasteiger partial charge < -0.3 is 9.84 Å². The van der Waals surface area contributed by atoms with Crippen molar-refractivity contribution in [1.29, 1.82) is 0 Å². The molecular formula is C27H27ClN4O2S. The molecule has 0 aliphatic carbocycles. The van der Waals surface area contributed by atoms with E-state index in [1.807, 2.05) is 75.8 Å². The SMILES string of the molecule is Cc1cc2nc(-c3ccc4c(cnn4C)n3)sc2c(-c2ccc(Cl)cc2)c1C(CO)OC(C)(C)C. The van der Waals surface area contributed by atoms with Crippen molar-refractivity contribution in [2.24, 2.45) is 7.05 Å². The van der Waals surface area contributed by atoms with Crippen LogP contribution in [-0.4, -0.2) is 37.1 Å². The number of aryl methyl sites for hydroxylation is 2. The molecule has 5 rings (SSSR count). The second-order valence-electron chi connectivity index (χ2n) is 9.63. The Morgan fingerprint density at radius 1 is 1.09 bits per heavy atom. The largest absolute Gasteiger partial charge is 0.393 e. The van der Waals surface area contributed by atoms with Crippen molar-refractivity contribution in [3.8, 4) is 21.8 Å². The van der Waals surface area contributed by atoms with Gasteiger partial charge in [0.1, 0.15) is 16.6 Å². The van der Waals surface area contributed by atoms with Gasteiger partial charge >= 0.3 is 0 Å². The van der Waals surface area contributed by atoms with Crippen molar-refractivity contribution in [2.75, 3.05) is 6.61 Å². The van der Waals surface area contributed by atoms with Gasteiger partial charge in [0.05, 0.1) is 39.8 Å². The Hall–Kier alpha value is -2.84. The minimum atomic E-state index is -0.486. The van der Waals surface area contributed by atoms with Gasteiger partial charge in [0.15, 0.2) is 0 Å². The Morgan fingerprint density at radius 2 is 1.83 bits per heavy atom. The molecule has 0 radical (unpaired) electrons. The number of halogens is 1. The van der Waals surface area contributed by atoms with Crippen LogP contribution in [-0.2, 0) is 11.8 Å². The Kier molecular flexibility index (Phi) is 6.13. The number of benzene rings is 2. The first kappa shape index (κ1) is 23.9. The van der Waals surface area contributed by atoms with Gasteiger partial charge in [-0.2, -0.15) is 5.10 Å². The van der Waals surface area contributed by atoms with Crippen LogP contribution >= 0.6 is 22.9 Å². The van der Waals surface area contributed by atoms with Gasteiger partial charge in [-0.15, -0.1) is 11.3 Å². The normalized spacial score (nSPS) is 13.1. The van der Waals surface area contributed by atoms with Gasteiger partial charge in [-0.3, -0.25) is 4.68 Å². The zero-order valence-electron chi connectivity index (χ0n) is 20.3. The maximum atomic E-state index is 10.4. The van der Waals surface area contributed by atoms with Gasteiger partial charge in [0.25, 0.3) is 0 Å². The summed E-state index contributed by atoms with van der Waals surface area (Å²) in [5.74, 6) is 0. The average molecular weight is 507 g/mol. The Balaban J connectivity index is 1.75. The number of rotatable bonds is 5. The van der Waals surface area contributed by atoms with Crippen molar-refractivity contribution < 1.29 is 9.84 Å². The number of fused-ring (bicyclic) bond motifs is 2. The number of pyridine rings is 1. The van der Waals surface area contributed by atoms with Crippen molar-refractivity contribution in [3.63, 3.8) is 0 Å². The van der Waals surface area contributed by atoms with Crippen LogP contribution in [0.3, 0.4) is 0 Å². The summed E-state index contributed by atoms with van der Waals surface area (Å²) in [7, 11) is 1.90. The lowest BCUT2D eigenvalue weighted by atomic mass is 9.91. The molecule has 0 aliphatic heterocycles. The first-order chi connectivity index (χ1) is 16.6. The highest BCUT2D eigenvalue weighted by Crippen LogP contribution is 2.44. The maximum Gasteiger partial charge on any atom is 0.143 e. The van der Waals surface area contributed by atoms with E-state index in [1.54, 1.807) is 17.5 Å². The van der Waals surface area contributed by atoms with Crippen LogP contribution in [0.25, 0.3) is 43.1 Å². The van der Waals surface area contributed by atoms with Crippen LogP contribution in [0.4, 0.5) is 0 Å². The number of ether oxygens (including phenoxy) is 1. The van der Waals surface area contributed by atoms with Crippen LogP contribution in [0, 0.1) is 6.92 Å². The second-order valence-corrected chi connectivity index (χ2v) is 11.1. The lowest BCUT2D eigenvalue weighted by Gasteiger charge is -2.29. The minimum Gasteiger partial charge on any atom is -0.393 e. The number of nitrogens with zero attached hydrogens (tertiary/aromatic N) is 4. The molecule has 35 heavy (non-hydrogen) atoms. The summed E-state index contributed by atoms with van der Waals surface area (Å²) in [6.07, 6.45) is 1.28. The number of thiazole rings is 1. The molecule has 0 bridgehead atoms. The molecule has 0 fully saturated rings. The van der Waals surface area contributed by atoms with Crippen LogP contribution in [0.2, 0.25) is 5.02 Å². The standard InChI is InChI=1S/C27H27ClN4O2S/c1-15-12-19-25(35-26(31-19)18-10-11-21-20(30-18)13-29-32(21)5)24(16-6-8-17(28)9-7-16)23(15)22(14-33)34-27(2,3)4/h6-13,22,33H,14H2,1-5H3. The molecule has 2 aromatic carbocycles. The zero-order chi connectivity index (χ0) is 24.9. The van der Waals surface area contributed by atoms with E-state index in [4.69, 9.17) is 26.3 Å². The quantitative estimate of drug-likeness (QED) is 0.286. The van der Waals surface area contributed by atoms with Gasteiger partial charge in [-0.25, -0.2) is 9.97 Å². The van der Waals surface area contributed by atoms with E-state index in [0.717, 1.165) is 54.2 Å². The van der Waals surface area contributed by atoms with Crippen molar-refractivity contribution in [3.05, 3.63) is 64.8 Å². The van der Waals surface area contributed by atoms with Gasteiger partial charge in [0.2, 0.25) is 0 Å². The molecule has 1 atom stereocenters. The summed E-state index contributed by atoms with van der Waals surface area (Å²) in [5, 5.41) is 16.2. The fraction of sp³-hybridized carbons (Fsp3) is 0.296. The van der Waals surface area contributed by atoms with E-state index in [9.17, 15) is 5.11 Å². The third kappa shape index (κ3) is 4.57. The fourth-order valence-corrected chi connectivity index (χ4v) is 5.63. The van der Waals surface area contributed by atoms with Crippen LogP contribution in [0.15, 0.2) is 48.7 Å². The summed E-state index contributed by atoms with van der Waals surface area (Å²) in [4.78, 5) is 9.76. The molecule has 0 saturated carbocycles. The summed E-state index contributed by atoms with van der Waals surface area (Å²) >= 11 is 7.80. The van der Waals surface area contributed by atoms with Crippen LogP contribution in [0.1, 0.15) is 38.0 Å². The first-order valence-corrected chi connectivity index (χ1v) is 12.6. The molecule has 5 aromatic rings. The van der Waals surface area contributed by atoms with E-state index in [0.29, 0.717) is 5.02 Å². The van der Waals surface area contributed by atoms with E-state index in [2.05, 4.69) is 11.2 Å². The predicted molar refractivity (Wildman–Crippen MR) is 143 cm³/mol. The van der Waals surface area contributed by atoms with Gasteiger partial charge in [-0.1, -0.05) is 23.7 Å². The lowest BCUT2D eigenvalue weighted by molar-refractivity contribution is -0.0821. The van der Waals surface area contributed by atoms with Crippen LogP contribution in [0.5, 0.6) is 0 Å². The molecule has 8 heteroatoms. The highest BCUT2D eigenvalue weighted by atomic mass is 35.5. The molecule has 0 saturated heterocycles. The molecule has 1 N–H and O–H groups in total. The molecule has 0 spiro atoms. The number of hydrogen-bond donors (Lipinski definition) is 1. The molecule has 1 unspecified atom stereocenters. The Bertz CT molecular complexity index is 1530. The summed E-state index contributed by atoms with van der Waals surface area (Å²) in [5.41, 5.74) is 7.05. The monoisotopic (exact) mass is 506 g/mol. The summed E-state index contributed by atoms with van der Waals surface area (Å²) < 4.78 is 9.15. The number of aliphatic hydroxyl groups is 1. The number of aromatic nitrogens is 4. The number of aliphatic hydroxyl groups excluding tert-OH is 1. The van der Waals surface area contributed by atoms with Crippen LogP contribution < -0.4 is 0 Å². The highest BCUT2D eigenvalue weighted by Gasteiger charge is 2.27. The molecule has 3 aromatic heterocycles. The molecule has 0 amide bonds. The Morgan fingerprint density at radius 3 is 2.51 bits per heavy atom. The van der Waals surface area contributed by atoms with Crippen molar-refractivity contribution in [2.45, 2.75) is 39.4 Å². The van der Waals surface area contributed by atoms with Gasteiger partial charge in [0, 0.05) is 17.6 Å². The number of hydrogen-bond acceptors (Lipinski definition) is 6. The zero-order valence-corrected chi connectivity index (χ0v) is 21.9. The van der Waals surface area contributed by atoms with E-state index in [1.165, 1.54) is 0 Å². The highest BCUT2D eigenvalue weighted by molar-refractivity contribution is 7.22. The molecule has 0 aliphatic rings. The topological polar surface area (TPSA) is 73.1 Å². The first-order valence-electron chi connectivity index (χ1n) is 11.4. The third-order valence-electron chi connectivity index (χ3n) is 5.87. The van der Waals surface area contributed by atoms with E-state index >= 15 is 0 Å². The molecule has 6 nitrogen and oxygen atoms in total. The average Bonchev–Trinajstić information content (AvgIpc) is 3.40. The third-order valence-corrected chi connectivity index (χ3v) is 7.23. The van der Waals surface area contributed by atoms with Gasteiger partial charge in [-0.05, 0) is 74.7 Å².